The number of aromatic nitrogens is 3. The molecule has 0 saturated carbocycles. The number of aliphatic hydroxyl groups excluding tert-OH is 1. The first-order chi connectivity index (χ1) is 19.5. The molecule has 0 radical (unpaired) electrons. The Morgan fingerprint density at radius 3 is 2.37 bits per heavy atom. The van der Waals surface area contributed by atoms with Crippen molar-refractivity contribution in [3.05, 3.63) is 82.7 Å². The molecule has 216 valence electrons. The van der Waals surface area contributed by atoms with Crippen molar-refractivity contribution in [2.45, 2.75) is 19.1 Å². The zero-order valence-electron chi connectivity index (χ0n) is 22.1. The number of aliphatic hydroxyl groups is 1. The minimum absolute atomic E-state index is 0.000200. The SMILES string of the molecule is COc1ccc(-c2nc3c(C(=O)N4CCN([C@@H](CO)c5cc(F)ccc5F)CC4)cnn3c(C(F)(F)F)c2C)cc1. The fourth-order valence-electron chi connectivity index (χ4n) is 5.17. The quantitative estimate of drug-likeness (QED) is 0.341. The van der Waals surface area contributed by atoms with E-state index in [1.54, 1.807) is 29.2 Å². The second kappa shape index (κ2) is 11.1. The summed E-state index contributed by atoms with van der Waals surface area (Å²) in [5.74, 6) is -1.35. The van der Waals surface area contributed by atoms with Gasteiger partial charge in [0.2, 0.25) is 0 Å². The molecule has 0 bridgehead atoms. The number of hydrogen-bond donors (Lipinski definition) is 1. The highest BCUT2D eigenvalue weighted by Crippen LogP contribution is 2.37. The number of benzene rings is 2. The van der Waals surface area contributed by atoms with E-state index in [9.17, 15) is 31.9 Å². The van der Waals surface area contributed by atoms with Gasteiger partial charge >= 0.3 is 6.18 Å². The summed E-state index contributed by atoms with van der Waals surface area (Å²) in [6, 6.07) is 8.55. The summed E-state index contributed by atoms with van der Waals surface area (Å²) in [5, 5.41) is 13.8. The fraction of sp³-hybridized carbons (Fsp3) is 0.321. The first-order valence-electron chi connectivity index (χ1n) is 12.7. The topological polar surface area (TPSA) is 83.2 Å². The Morgan fingerprint density at radius 2 is 1.76 bits per heavy atom. The molecule has 1 saturated heterocycles. The number of ether oxygens (including phenoxy) is 1. The molecule has 2 aromatic heterocycles. The maximum atomic E-state index is 14.4. The summed E-state index contributed by atoms with van der Waals surface area (Å²) in [4.78, 5) is 21.1. The van der Waals surface area contributed by atoms with Gasteiger partial charge in [-0.1, -0.05) is 0 Å². The summed E-state index contributed by atoms with van der Waals surface area (Å²) in [6.45, 7) is 1.52. The van der Waals surface area contributed by atoms with Crippen molar-refractivity contribution in [1.82, 2.24) is 24.4 Å². The van der Waals surface area contributed by atoms with Crippen LogP contribution in [0.4, 0.5) is 22.0 Å². The number of amides is 1. The van der Waals surface area contributed by atoms with Gasteiger partial charge in [0.1, 0.15) is 22.9 Å². The predicted molar refractivity (Wildman–Crippen MR) is 138 cm³/mol. The van der Waals surface area contributed by atoms with Gasteiger partial charge in [-0.2, -0.15) is 18.3 Å². The Bertz CT molecular complexity index is 1580. The van der Waals surface area contributed by atoms with E-state index in [-0.39, 0.29) is 54.2 Å². The second-order valence-corrected chi connectivity index (χ2v) is 9.65. The van der Waals surface area contributed by atoms with Crippen LogP contribution in [0.5, 0.6) is 5.75 Å². The van der Waals surface area contributed by atoms with Crippen molar-refractivity contribution < 1.29 is 36.6 Å². The van der Waals surface area contributed by atoms with Gasteiger partial charge in [-0.05, 0) is 49.4 Å². The van der Waals surface area contributed by atoms with Crippen LogP contribution in [-0.4, -0.2) is 75.3 Å². The molecule has 1 aliphatic rings. The maximum Gasteiger partial charge on any atom is 0.433 e. The van der Waals surface area contributed by atoms with E-state index in [4.69, 9.17) is 4.74 Å². The van der Waals surface area contributed by atoms with E-state index in [1.165, 1.54) is 18.9 Å². The van der Waals surface area contributed by atoms with Gasteiger partial charge in [-0.25, -0.2) is 18.3 Å². The molecule has 1 aliphatic heterocycles. The molecule has 0 unspecified atom stereocenters. The van der Waals surface area contributed by atoms with Crippen LogP contribution in [0.15, 0.2) is 48.7 Å². The number of carbonyl (C=O) groups is 1. The Labute approximate surface area is 231 Å². The zero-order chi connectivity index (χ0) is 29.5. The minimum atomic E-state index is -4.78. The summed E-state index contributed by atoms with van der Waals surface area (Å²) in [5.41, 5.74) is -1.07. The highest BCUT2D eigenvalue weighted by atomic mass is 19.4. The average Bonchev–Trinajstić information content (AvgIpc) is 3.37. The second-order valence-electron chi connectivity index (χ2n) is 9.65. The molecule has 2 aromatic carbocycles. The van der Waals surface area contributed by atoms with Gasteiger partial charge < -0.3 is 14.7 Å². The monoisotopic (exact) mass is 575 g/mol. The van der Waals surface area contributed by atoms with Gasteiger partial charge in [0.15, 0.2) is 11.3 Å². The number of fused-ring (bicyclic) bond motifs is 1. The van der Waals surface area contributed by atoms with E-state index in [2.05, 4.69) is 10.1 Å². The van der Waals surface area contributed by atoms with Crippen LogP contribution in [0.3, 0.4) is 0 Å². The van der Waals surface area contributed by atoms with Gasteiger partial charge in [-0.3, -0.25) is 9.69 Å². The van der Waals surface area contributed by atoms with Crippen LogP contribution in [-0.2, 0) is 6.18 Å². The van der Waals surface area contributed by atoms with Crippen molar-refractivity contribution in [1.29, 1.82) is 0 Å². The van der Waals surface area contributed by atoms with Gasteiger partial charge in [0.05, 0.1) is 31.6 Å². The Morgan fingerprint density at radius 1 is 1.07 bits per heavy atom. The molecule has 1 atom stereocenters. The molecule has 4 aromatic rings. The van der Waals surface area contributed by atoms with E-state index in [1.807, 2.05) is 0 Å². The lowest BCUT2D eigenvalue weighted by atomic mass is 10.0. The number of methoxy groups -OCH3 is 1. The summed E-state index contributed by atoms with van der Waals surface area (Å²) in [6.07, 6.45) is -3.71. The molecule has 0 spiro atoms. The molecule has 13 heteroatoms. The standard InChI is InChI=1S/C28H26F5N5O3/c1-16-24(17-3-6-19(41-2)7-4-17)35-26-21(14-34-38(26)25(16)28(31,32)33)27(40)37-11-9-36(10-12-37)23(15-39)20-13-18(29)5-8-22(20)30/h3-8,13-14,23,39H,9-12,15H2,1-2H3/t23-/m0/s1. The summed E-state index contributed by atoms with van der Waals surface area (Å²) >= 11 is 0. The first kappa shape index (κ1) is 28.4. The van der Waals surface area contributed by atoms with E-state index >= 15 is 0 Å². The Kier molecular flexibility index (Phi) is 7.66. The largest absolute Gasteiger partial charge is 0.497 e. The summed E-state index contributed by atoms with van der Waals surface area (Å²) < 4.78 is 76.6. The fourth-order valence-corrected chi connectivity index (χ4v) is 5.17. The lowest BCUT2D eigenvalue weighted by Crippen LogP contribution is -2.50. The molecule has 0 aliphatic carbocycles. The number of carbonyl (C=O) groups excluding carboxylic acids is 1. The highest BCUT2D eigenvalue weighted by molar-refractivity contribution is 6.00. The van der Waals surface area contributed by atoms with Gasteiger partial charge in [0.25, 0.3) is 5.91 Å². The molecule has 1 amide bonds. The number of rotatable bonds is 6. The average molecular weight is 576 g/mol. The van der Waals surface area contributed by atoms with Crippen LogP contribution in [0.1, 0.15) is 33.2 Å². The Hall–Kier alpha value is -4.10. The van der Waals surface area contributed by atoms with Crippen LogP contribution in [0.2, 0.25) is 0 Å². The maximum absolute atomic E-state index is 14.4. The van der Waals surface area contributed by atoms with Crippen molar-refractivity contribution in [2.24, 2.45) is 0 Å². The molecule has 5 rings (SSSR count). The first-order valence-corrected chi connectivity index (χ1v) is 12.7. The number of piperazine rings is 1. The third kappa shape index (κ3) is 5.34. The molecule has 3 heterocycles. The molecular weight excluding hydrogens is 549 g/mol. The van der Waals surface area contributed by atoms with Crippen LogP contribution < -0.4 is 4.74 Å². The molecule has 1 fully saturated rings. The highest BCUT2D eigenvalue weighted by Gasteiger charge is 2.39. The molecule has 41 heavy (non-hydrogen) atoms. The van der Waals surface area contributed by atoms with E-state index in [0.29, 0.717) is 15.8 Å². The van der Waals surface area contributed by atoms with Crippen molar-refractivity contribution in [3.8, 4) is 17.0 Å². The van der Waals surface area contributed by atoms with Crippen LogP contribution in [0.25, 0.3) is 16.9 Å². The minimum Gasteiger partial charge on any atom is -0.497 e. The van der Waals surface area contributed by atoms with Crippen molar-refractivity contribution in [3.63, 3.8) is 0 Å². The Balaban J connectivity index is 1.45. The zero-order valence-corrected chi connectivity index (χ0v) is 22.1. The molecular formula is C28H26F5N5O3. The third-order valence-corrected chi connectivity index (χ3v) is 7.28. The summed E-state index contributed by atoms with van der Waals surface area (Å²) in [7, 11) is 1.47. The lowest BCUT2D eigenvalue weighted by Gasteiger charge is -2.38. The number of halogens is 5. The number of nitrogens with zero attached hydrogens (tertiary/aromatic N) is 5. The smallest absolute Gasteiger partial charge is 0.433 e. The molecule has 1 N–H and O–H groups in total. The third-order valence-electron chi connectivity index (χ3n) is 7.28. The molecule has 8 nitrogen and oxygen atoms in total. The van der Waals surface area contributed by atoms with Gasteiger partial charge in [0, 0.05) is 42.9 Å². The van der Waals surface area contributed by atoms with Gasteiger partial charge in [-0.15, -0.1) is 0 Å². The predicted octanol–water partition coefficient (Wildman–Crippen LogP) is 4.50. The lowest BCUT2D eigenvalue weighted by molar-refractivity contribution is -0.143. The van der Waals surface area contributed by atoms with E-state index in [0.717, 1.165) is 24.4 Å². The van der Waals surface area contributed by atoms with Crippen molar-refractivity contribution in [2.75, 3.05) is 39.9 Å². The van der Waals surface area contributed by atoms with Crippen LogP contribution >= 0.6 is 0 Å². The number of alkyl halides is 3. The normalized spacial score (nSPS) is 15.4. The number of hydrogen-bond acceptors (Lipinski definition) is 6. The van der Waals surface area contributed by atoms with E-state index < -0.39 is 42.1 Å². The van der Waals surface area contributed by atoms with Crippen molar-refractivity contribution >= 4 is 11.6 Å². The van der Waals surface area contributed by atoms with Crippen LogP contribution in [0, 0.1) is 18.6 Å².